The molecule has 2 aromatic carbocycles. The van der Waals surface area contributed by atoms with E-state index in [0.29, 0.717) is 16.8 Å². The highest BCUT2D eigenvalue weighted by Gasteiger charge is 2.15. The first kappa shape index (κ1) is 21.9. The second-order valence-electron chi connectivity index (χ2n) is 7.10. The van der Waals surface area contributed by atoms with Gasteiger partial charge in [-0.1, -0.05) is 42.5 Å². The standard InChI is InChI=1S/C24H21N3O3S2/c1-2-13-25-32(29,30)16-17-9-11-18(12-10-17)26-24(28)20-15-22(23-8-5-14-31-23)27-21-7-4-3-6-19(20)21/h2-12,14-15,25H,1,13,16H2,(H,26,28). The SMILES string of the molecule is C=CCNS(=O)(=O)Cc1ccc(NC(=O)c2cc(-c3cccs3)nc3ccccc23)cc1. The molecular weight excluding hydrogens is 442 g/mol. The summed E-state index contributed by atoms with van der Waals surface area (Å²) in [6, 6.07) is 20.0. The lowest BCUT2D eigenvalue weighted by atomic mass is 10.1. The summed E-state index contributed by atoms with van der Waals surface area (Å²) in [5, 5.41) is 5.64. The molecule has 162 valence electrons. The Bertz CT molecular complexity index is 1360. The first-order valence-electron chi connectivity index (χ1n) is 9.87. The Morgan fingerprint density at radius 3 is 2.56 bits per heavy atom. The molecule has 0 aliphatic heterocycles. The summed E-state index contributed by atoms with van der Waals surface area (Å²) in [7, 11) is -3.44. The fraction of sp³-hybridized carbons (Fsp3) is 0.0833. The molecule has 1 amide bonds. The number of carbonyl (C=O) groups excluding carboxylic acids is 1. The average molecular weight is 464 g/mol. The second kappa shape index (κ2) is 9.44. The van der Waals surface area contributed by atoms with E-state index in [1.54, 1.807) is 41.7 Å². The molecule has 0 aliphatic rings. The summed E-state index contributed by atoms with van der Waals surface area (Å²) in [4.78, 5) is 18.8. The van der Waals surface area contributed by atoms with E-state index in [-0.39, 0.29) is 18.2 Å². The van der Waals surface area contributed by atoms with Crippen LogP contribution in [0.3, 0.4) is 0 Å². The Kier molecular flexibility index (Phi) is 6.45. The predicted octanol–water partition coefficient (Wildman–Crippen LogP) is 4.82. The van der Waals surface area contributed by atoms with Crippen LogP contribution >= 0.6 is 11.3 Å². The molecular formula is C24H21N3O3S2. The van der Waals surface area contributed by atoms with E-state index in [1.807, 2.05) is 41.8 Å². The van der Waals surface area contributed by atoms with Gasteiger partial charge in [-0.15, -0.1) is 17.9 Å². The largest absolute Gasteiger partial charge is 0.322 e. The van der Waals surface area contributed by atoms with Crippen LogP contribution < -0.4 is 10.0 Å². The zero-order valence-electron chi connectivity index (χ0n) is 17.1. The van der Waals surface area contributed by atoms with E-state index >= 15 is 0 Å². The van der Waals surface area contributed by atoms with Crippen molar-refractivity contribution in [1.29, 1.82) is 0 Å². The van der Waals surface area contributed by atoms with Gasteiger partial charge >= 0.3 is 0 Å². The predicted molar refractivity (Wildman–Crippen MR) is 130 cm³/mol. The van der Waals surface area contributed by atoms with E-state index < -0.39 is 10.0 Å². The Morgan fingerprint density at radius 1 is 1.06 bits per heavy atom. The van der Waals surface area contributed by atoms with Crippen molar-refractivity contribution in [1.82, 2.24) is 9.71 Å². The molecule has 0 saturated heterocycles. The Labute approximate surface area is 190 Å². The van der Waals surface area contributed by atoms with Gasteiger partial charge in [0.2, 0.25) is 10.0 Å². The van der Waals surface area contributed by atoms with Crippen LogP contribution in [0.4, 0.5) is 5.69 Å². The number of anilines is 1. The molecule has 2 N–H and O–H groups in total. The van der Waals surface area contributed by atoms with Gasteiger partial charge in [-0.05, 0) is 41.3 Å². The van der Waals surface area contributed by atoms with Crippen LogP contribution in [0.15, 0.2) is 84.8 Å². The van der Waals surface area contributed by atoms with Gasteiger partial charge in [-0.2, -0.15) is 0 Å². The number of fused-ring (bicyclic) bond motifs is 1. The number of pyridine rings is 1. The minimum Gasteiger partial charge on any atom is -0.322 e. The maximum Gasteiger partial charge on any atom is 0.256 e. The van der Waals surface area contributed by atoms with Gasteiger partial charge in [-0.3, -0.25) is 4.79 Å². The minimum atomic E-state index is -3.44. The normalized spacial score (nSPS) is 11.4. The number of carbonyl (C=O) groups is 1. The summed E-state index contributed by atoms with van der Waals surface area (Å²) in [5.74, 6) is -0.400. The maximum atomic E-state index is 13.1. The molecule has 0 unspecified atom stereocenters. The number of sulfonamides is 1. The molecule has 6 nitrogen and oxygen atoms in total. The third kappa shape index (κ3) is 5.11. The number of rotatable bonds is 8. The van der Waals surface area contributed by atoms with Crippen LogP contribution in [0.1, 0.15) is 15.9 Å². The summed E-state index contributed by atoms with van der Waals surface area (Å²) in [5.41, 5.74) is 3.22. The number of amides is 1. The number of hydrogen-bond acceptors (Lipinski definition) is 5. The Hall–Kier alpha value is -3.33. The lowest BCUT2D eigenvalue weighted by Gasteiger charge is -2.11. The number of benzene rings is 2. The topological polar surface area (TPSA) is 88.2 Å². The summed E-state index contributed by atoms with van der Waals surface area (Å²) < 4.78 is 26.5. The summed E-state index contributed by atoms with van der Waals surface area (Å²) in [6.07, 6.45) is 1.49. The fourth-order valence-electron chi connectivity index (χ4n) is 3.25. The van der Waals surface area contributed by atoms with Gasteiger partial charge in [0.1, 0.15) is 0 Å². The van der Waals surface area contributed by atoms with Gasteiger partial charge < -0.3 is 5.32 Å². The number of aromatic nitrogens is 1. The van der Waals surface area contributed by atoms with Crippen molar-refractivity contribution in [3.63, 3.8) is 0 Å². The van der Waals surface area contributed by atoms with Gasteiger partial charge in [-0.25, -0.2) is 18.1 Å². The molecule has 8 heteroatoms. The summed E-state index contributed by atoms with van der Waals surface area (Å²) >= 11 is 1.57. The molecule has 0 aliphatic carbocycles. The number of hydrogen-bond donors (Lipinski definition) is 2. The Balaban J connectivity index is 1.57. The van der Waals surface area contributed by atoms with E-state index in [9.17, 15) is 13.2 Å². The highest BCUT2D eigenvalue weighted by atomic mass is 32.2. The number of nitrogens with one attached hydrogen (secondary N) is 2. The molecule has 0 bridgehead atoms. The first-order chi connectivity index (χ1) is 15.4. The zero-order valence-corrected chi connectivity index (χ0v) is 18.7. The van der Waals surface area contributed by atoms with Crippen LogP contribution in [0, 0.1) is 0 Å². The molecule has 0 atom stereocenters. The summed E-state index contributed by atoms with van der Waals surface area (Å²) in [6.45, 7) is 3.69. The third-order valence-electron chi connectivity index (χ3n) is 4.75. The number of para-hydroxylation sites is 1. The van der Waals surface area contributed by atoms with Crippen molar-refractivity contribution in [3.05, 3.63) is 95.9 Å². The van der Waals surface area contributed by atoms with Crippen LogP contribution in [-0.2, 0) is 15.8 Å². The lowest BCUT2D eigenvalue weighted by Crippen LogP contribution is -2.25. The zero-order chi connectivity index (χ0) is 22.6. The van der Waals surface area contributed by atoms with Gasteiger partial charge in [0.05, 0.1) is 27.4 Å². The fourth-order valence-corrected chi connectivity index (χ4v) is 5.04. The molecule has 0 fully saturated rings. The van der Waals surface area contributed by atoms with E-state index in [0.717, 1.165) is 21.5 Å². The molecule has 0 saturated carbocycles. The van der Waals surface area contributed by atoms with Crippen LogP contribution in [0.2, 0.25) is 0 Å². The highest BCUT2D eigenvalue weighted by Crippen LogP contribution is 2.28. The first-order valence-corrected chi connectivity index (χ1v) is 12.4. The van der Waals surface area contributed by atoms with Gasteiger partial charge in [0.15, 0.2) is 0 Å². The minimum absolute atomic E-state index is 0.145. The smallest absolute Gasteiger partial charge is 0.256 e. The van der Waals surface area contributed by atoms with Crippen molar-refractivity contribution >= 4 is 43.9 Å². The van der Waals surface area contributed by atoms with E-state index in [2.05, 4.69) is 16.6 Å². The van der Waals surface area contributed by atoms with Crippen LogP contribution in [0.25, 0.3) is 21.5 Å². The molecule has 32 heavy (non-hydrogen) atoms. The number of nitrogens with zero attached hydrogens (tertiary/aromatic N) is 1. The van der Waals surface area contributed by atoms with Crippen molar-refractivity contribution in [2.24, 2.45) is 0 Å². The monoisotopic (exact) mass is 463 g/mol. The quantitative estimate of drug-likeness (QED) is 0.367. The van der Waals surface area contributed by atoms with Crippen molar-refractivity contribution < 1.29 is 13.2 Å². The van der Waals surface area contributed by atoms with E-state index in [1.165, 1.54) is 6.08 Å². The highest BCUT2D eigenvalue weighted by molar-refractivity contribution is 7.88. The van der Waals surface area contributed by atoms with E-state index in [4.69, 9.17) is 4.98 Å². The Morgan fingerprint density at radius 2 is 1.84 bits per heavy atom. The van der Waals surface area contributed by atoms with Gasteiger partial charge in [0.25, 0.3) is 5.91 Å². The molecule has 0 radical (unpaired) electrons. The van der Waals surface area contributed by atoms with Crippen molar-refractivity contribution in [3.8, 4) is 10.6 Å². The van der Waals surface area contributed by atoms with Crippen molar-refractivity contribution in [2.45, 2.75) is 5.75 Å². The average Bonchev–Trinajstić information content (AvgIpc) is 3.33. The molecule has 2 aromatic heterocycles. The van der Waals surface area contributed by atoms with Crippen molar-refractivity contribution in [2.75, 3.05) is 11.9 Å². The van der Waals surface area contributed by atoms with Gasteiger partial charge in [0, 0.05) is 17.6 Å². The lowest BCUT2D eigenvalue weighted by molar-refractivity contribution is 0.102. The number of thiophene rings is 1. The maximum absolute atomic E-state index is 13.1. The molecule has 0 spiro atoms. The second-order valence-corrected chi connectivity index (χ2v) is 9.85. The molecule has 2 heterocycles. The molecule has 4 rings (SSSR count). The third-order valence-corrected chi connectivity index (χ3v) is 6.96. The van der Waals surface area contributed by atoms with Crippen LogP contribution in [0.5, 0.6) is 0 Å². The van der Waals surface area contributed by atoms with Crippen LogP contribution in [-0.4, -0.2) is 25.9 Å². The molecule has 4 aromatic rings.